The molecular weight excluding hydrogens is 250 g/mol. The van der Waals surface area contributed by atoms with Gasteiger partial charge in [-0.3, -0.25) is 4.79 Å². The van der Waals surface area contributed by atoms with Gasteiger partial charge in [0.05, 0.1) is 0 Å². The Morgan fingerprint density at radius 3 is 2.44 bits per heavy atom. The van der Waals surface area contributed by atoms with Gasteiger partial charge in [-0.2, -0.15) is 0 Å². The SMILES string of the molecule is CN1CCCN(C(=O)c2ccc(N)cc2)CC1.Cl. The number of likely N-dealkylation sites (N-methyl/N-ethyl adjacent to an activating group) is 1. The van der Waals surface area contributed by atoms with Crippen LogP contribution < -0.4 is 5.73 Å². The van der Waals surface area contributed by atoms with Gasteiger partial charge in [0.15, 0.2) is 0 Å². The number of benzene rings is 1. The Kier molecular flexibility index (Phi) is 5.44. The van der Waals surface area contributed by atoms with E-state index in [2.05, 4.69) is 11.9 Å². The lowest BCUT2D eigenvalue weighted by Crippen LogP contribution is -2.34. The quantitative estimate of drug-likeness (QED) is 0.786. The standard InChI is InChI=1S/C13H19N3O.ClH/c1-15-7-2-8-16(10-9-15)13(17)11-3-5-12(14)6-4-11;/h3-6H,2,7-10,14H2,1H3;1H. The van der Waals surface area contributed by atoms with Gasteiger partial charge < -0.3 is 15.5 Å². The Hall–Kier alpha value is -1.26. The van der Waals surface area contributed by atoms with Crippen LogP contribution in [0.5, 0.6) is 0 Å². The molecule has 1 saturated heterocycles. The molecule has 1 amide bonds. The maximum atomic E-state index is 12.2. The van der Waals surface area contributed by atoms with Crippen LogP contribution in [0.1, 0.15) is 16.8 Å². The van der Waals surface area contributed by atoms with E-state index < -0.39 is 0 Å². The van der Waals surface area contributed by atoms with Crippen LogP contribution in [0, 0.1) is 0 Å². The zero-order chi connectivity index (χ0) is 12.3. The monoisotopic (exact) mass is 269 g/mol. The molecule has 1 aliphatic heterocycles. The second-order valence-corrected chi connectivity index (χ2v) is 4.57. The van der Waals surface area contributed by atoms with Crippen LogP contribution in [-0.2, 0) is 0 Å². The van der Waals surface area contributed by atoms with Crippen LogP contribution in [0.4, 0.5) is 5.69 Å². The molecule has 0 atom stereocenters. The van der Waals surface area contributed by atoms with Crippen molar-refractivity contribution < 1.29 is 4.79 Å². The lowest BCUT2D eigenvalue weighted by atomic mass is 10.2. The molecule has 100 valence electrons. The third kappa shape index (κ3) is 3.62. The summed E-state index contributed by atoms with van der Waals surface area (Å²) in [7, 11) is 2.09. The highest BCUT2D eigenvalue weighted by Gasteiger charge is 2.18. The van der Waals surface area contributed by atoms with E-state index in [1.54, 1.807) is 24.3 Å². The summed E-state index contributed by atoms with van der Waals surface area (Å²) in [4.78, 5) is 16.4. The molecule has 1 aromatic carbocycles. The van der Waals surface area contributed by atoms with Gasteiger partial charge in [0.25, 0.3) is 5.91 Å². The van der Waals surface area contributed by atoms with Crippen LogP contribution in [0.2, 0.25) is 0 Å². The van der Waals surface area contributed by atoms with E-state index in [1.807, 2.05) is 4.90 Å². The molecule has 5 heteroatoms. The van der Waals surface area contributed by atoms with Gasteiger partial charge in [0.2, 0.25) is 0 Å². The molecule has 1 aromatic rings. The average molecular weight is 270 g/mol. The van der Waals surface area contributed by atoms with Crippen LogP contribution in [0.25, 0.3) is 0 Å². The molecule has 2 N–H and O–H groups in total. The zero-order valence-corrected chi connectivity index (χ0v) is 11.4. The van der Waals surface area contributed by atoms with Gasteiger partial charge in [-0.1, -0.05) is 0 Å². The second kappa shape index (κ2) is 6.61. The minimum absolute atomic E-state index is 0. The van der Waals surface area contributed by atoms with Crippen molar-refractivity contribution >= 4 is 24.0 Å². The summed E-state index contributed by atoms with van der Waals surface area (Å²) >= 11 is 0. The number of amides is 1. The summed E-state index contributed by atoms with van der Waals surface area (Å²) in [5.41, 5.74) is 7.03. The van der Waals surface area contributed by atoms with Crippen molar-refractivity contribution in [2.75, 3.05) is 39.0 Å². The van der Waals surface area contributed by atoms with Gasteiger partial charge in [-0.05, 0) is 44.3 Å². The van der Waals surface area contributed by atoms with Gasteiger partial charge in [-0.25, -0.2) is 0 Å². The maximum absolute atomic E-state index is 12.2. The summed E-state index contributed by atoms with van der Waals surface area (Å²) in [6.45, 7) is 3.65. The van der Waals surface area contributed by atoms with E-state index in [9.17, 15) is 4.79 Å². The number of nitrogens with two attached hydrogens (primary N) is 1. The van der Waals surface area contributed by atoms with Crippen molar-refractivity contribution in [3.8, 4) is 0 Å². The first-order valence-corrected chi connectivity index (χ1v) is 6.00. The Balaban J connectivity index is 0.00000162. The molecule has 0 spiro atoms. The molecule has 4 nitrogen and oxygen atoms in total. The topological polar surface area (TPSA) is 49.6 Å². The van der Waals surface area contributed by atoms with E-state index >= 15 is 0 Å². The third-order valence-corrected chi connectivity index (χ3v) is 3.16. The fourth-order valence-electron chi connectivity index (χ4n) is 2.06. The Bertz CT molecular complexity index is 394. The van der Waals surface area contributed by atoms with E-state index in [0.717, 1.165) is 38.2 Å². The van der Waals surface area contributed by atoms with Gasteiger partial charge >= 0.3 is 0 Å². The zero-order valence-electron chi connectivity index (χ0n) is 10.6. The smallest absolute Gasteiger partial charge is 0.253 e. The highest BCUT2D eigenvalue weighted by Crippen LogP contribution is 2.10. The van der Waals surface area contributed by atoms with Crippen molar-refractivity contribution in [1.82, 2.24) is 9.80 Å². The molecule has 2 rings (SSSR count). The fourth-order valence-corrected chi connectivity index (χ4v) is 2.06. The number of nitrogen functional groups attached to an aromatic ring is 1. The summed E-state index contributed by atoms with van der Waals surface area (Å²) in [5, 5.41) is 0. The van der Waals surface area contributed by atoms with Crippen molar-refractivity contribution in [2.24, 2.45) is 0 Å². The van der Waals surface area contributed by atoms with Crippen molar-refractivity contribution in [1.29, 1.82) is 0 Å². The lowest BCUT2D eigenvalue weighted by molar-refractivity contribution is 0.0763. The number of nitrogens with zero attached hydrogens (tertiary/aromatic N) is 2. The number of hydrogen-bond acceptors (Lipinski definition) is 3. The molecular formula is C13H20ClN3O. The third-order valence-electron chi connectivity index (χ3n) is 3.16. The van der Waals surface area contributed by atoms with Gasteiger partial charge in [0.1, 0.15) is 0 Å². The average Bonchev–Trinajstić information content (AvgIpc) is 2.54. The minimum Gasteiger partial charge on any atom is -0.399 e. The Labute approximate surface area is 114 Å². The molecule has 1 heterocycles. The highest BCUT2D eigenvalue weighted by atomic mass is 35.5. The molecule has 0 radical (unpaired) electrons. The molecule has 0 aliphatic carbocycles. The Morgan fingerprint density at radius 1 is 1.11 bits per heavy atom. The molecule has 0 bridgehead atoms. The van der Waals surface area contributed by atoms with E-state index in [4.69, 9.17) is 5.73 Å². The maximum Gasteiger partial charge on any atom is 0.253 e. The molecule has 0 saturated carbocycles. The Morgan fingerprint density at radius 2 is 1.78 bits per heavy atom. The van der Waals surface area contributed by atoms with Crippen LogP contribution >= 0.6 is 12.4 Å². The van der Waals surface area contributed by atoms with Gasteiger partial charge in [-0.15, -0.1) is 12.4 Å². The number of rotatable bonds is 1. The first kappa shape index (κ1) is 14.8. The summed E-state index contributed by atoms with van der Waals surface area (Å²) in [6.07, 6.45) is 1.04. The number of anilines is 1. The van der Waals surface area contributed by atoms with E-state index in [0.29, 0.717) is 5.69 Å². The second-order valence-electron chi connectivity index (χ2n) is 4.57. The molecule has 0 unspecified atom stereocenters. The number of hydrogen-bond donors (Lipinski definition) is 1. The number of halogens is 1. The largest absolute Gasteiger partial charge is 0.399 e. The highest BCUT2D eigenvalue weighted by molar-refractivity contribution is 5.94. The van der Waals surface area contributed by atoms with E-state index in [1.165, 1.54) is 0 Å². The molecule has 18 heavy (non-hydrogen) atoms. The number of carbonyl (C=O) groups excluding carboxylic acids is 1. The normalized spacial score (nSPS) is 16.8. The first-order valence-electron chi connectivity index (χ1n) is 6.00. The summed E-state index contributed by atoms with van der Waals surface area (Å²) in [6, 6.07) is 7.15. The summed E-state index contributed by atoms with van der Waals surface area (Å²) in [5.74, 6) is 0.111. The van der Waals surface area contributed by atoms with Gasteiger partial charge in [0, 0.05) is 30.9 Å². The van der Waals surface area contributed by atoms with Crippen LogP contribution in [-0.4, -0.2) is 48.9 Å². The van der Waals surface area contributed by atoms with E-state index in [-0.39, 0.29) is 18.3 Å². The molecule has 1 fully saturated rings. The molecule has 0 aromatic heterocycles. The van der Waals surface area contributed by atoms with Crippen molar-refractivity contribution in [3.63, 3.8) is 0 Å². The first-order chi connectivity index (χ1) is 8.16. The van der Waals surface area contributed by atoms with Crippen molar-refractivity contribution in [2.45, 2.75) is 6.42 Å². The lowest BCUT2D eigenvalue weighted by Gasteiger charge is -2.20. The fraction of sp³-hybridized carbons (Fsp3) is 0.462. The predicted molar refractivity (Wildman–Crippen MR) is 76.1 cm³/mol. The summed E-state index contributed by atoms with van der Waals surface area (Å²) < 4.78 is 0. The minimum atomic E-state index is 0. The van der Waals surface area contributed by atoms with Crippen molar-refractivity contribution in [3.05, 3.63) is 29.8 Å². The molecule has 1 aliphatic rings. The predicted octanol–water partition coefficient (Wildman–Crippen LogP) is 1.47. The van der Waals surface area contributed by atoms with Crippen LogP contribution in [0.3, 0.4) is 0 Å². The van der Waals surface area contributed by atoms with Crippen LogP contribution in [0.15, 0.2) is 24.3 Å². The number of carbonyl (C=O) groups is 1.